The summed E-state index contributed by atoms with van der Waals surface area (Å²) in [4.78, 5) is 0. The van der Waals surface area contributed by atoms with Crippen LogP contribution in [-0.4, -0.2) is 23.7 Å². The first-order valence-electron chi connectivity index (χ1n) is 5.75. The first-order chi connectivity index (χ1) is 8.85. The lowest BCUT2D eigenvalue weighted by Crippen LogP contribution is -2.25. The molecule has 2 atom stereocenters. The molecule has 0 radical (unpaired) electrons. The minimum Gasteiger partial charge on any atom is -0.488 e. The highest BCUT2D eigenvalue weighted by molar-refractivity contribution is 9.10. The molecule has 1 aliphatic rings. The van der Waals surface area contributed by atoms with Crippen molar-refractivity contribution in [1.29, 1.82) is 0 Å². The summed E-state index contributed by atoms with van der Waals surface area (Å²) >= 11 is 3.00. The Bertz CT molecular complexity index is 450. The standard InChI is InChI=1S/C12H12BrF3O3/c13-8-6-7(18-11-3-1-2-9(11)17)4-5-10(8)19-12(14,15)16/h4-6,9,11,17H,1-3H2/t9-,11-/m0/s1. The lowest BCUT2D eigenvalue weighted by atomic mass is 10.2. The van der Waals surface area contributed by atoms with Gasteiger partial charge in [-0.1, -0.05) is 0 Å². The third kappa shape index (κ3) is 4.01. The third-order valence-corrected chi connectivity index (χ3v) is 3.45. The zero-order chi connectivity index (χ0) is 14.0. The van der Waals surface area contributed by atoms with E-state index in [1.165, 1.54) is 18.2 Å². The van der Waals surface area contributed by atoms with Crippen molar-refractivity contribution in [3.05, 3.63) is 22.7 Å². The Balaban J connectivity index is 2.06. The molecule has 7 heteroatoms. The molecule has 0 heterocycles. The molecular weight excluding hydrogens is 329 g/mol. The van der Waals surface area contributed by atoms with Crippen molar-refractivity contribution in [3.63, 3.8) is 0 Å². The van der Waals surface area contributed by atoms with Crippen molar-refractivity contribution >= 4 is 15.9 Å². The average molecular weight is 341 g/mol. The maximum Gasteiger partial charge on any atom is 0.573 e. The normalized spacial score (nSPS) is 23.4. The molecule has 1 aromatic carbocycles. The summed E-state index contributed by atoms with van der Waals surface area (Å²) in [5.41, 5.74) is 0. The van der Waals surface area contributed by atoms with Crippen LogP contribution in [0, 0.1) is 0 Å². The van der Waals surface area contributed by atoms with Crippen LogP contribution in [0.5, 0.6) is 11.5 Å². The van der Waals surface area contributed by atoms with Gasteiger partial charge in [0.25, 0.3) is 0 Å². The molecule has 0 aromatic heterocycles. The van der Waals surface area contributed by atoms with Crippen molar-refractivity contribution in [2.45, 2.75) is 37.8 Å². The smallest absolute Gasteiger partial charge is 0.488 e. The van der Waals surface area contributed by atoms with Crippen LogP contribution >= 0.6 is 15.9 Å². The average Bonchev–Trinajstić information content (AvgIpc) is 2.67. The Kier molecular flexibility index (Phi) is 4.25. The van der Waals surface area contributed by atoms with E-state index in [2.05, 4.69) is 20.7 Å². The Morgan fingerprint density at radius 3 is 2.53 bits per heavy atom. The van der Waals surface area contributed by atoms with Gasteiger partial charge in [-0.2, -0.15) is 0 Å². The predicted octanol–water partition coefficient (Wildman–Crippen LogP) is 3.64. The summed E-state index contributed by atoms with van der Waals surface area (Å²) < 4.78 is 45.8. The number of aliphatic hydroxyl groups excluding tert-OH is 1. The van der Waals surface area contributed by atoms with Gasteiger partial charge in [-0.15, -0.1) is 13.2 Å². The number of hydrogen-bond donors (Lipinski definition) is 1. The topological polar surface area (TPSA) is 38.7 Å². The van der Waals surface area contributed by atoms with Crippen molar-refractivity contribution in [2.24, 2.45) is 0 Å². The molecule has 0 saturated heterocycles. The molecule has 0 bridgehead atoms. The molecule has 1 aliphatic carbocycles. The summed E-state index contributed by atoms with van der Waals surface area (Å²) in [5.74, 6) is 0.0687. The van der Waals surface area contributed by atoms with Gasteiger partial charge in [0.1, 0.15) is 17.6 Å². The molecule has 1 aromatic rings. The molecule has 0 unspecified atom stereocenters. The van der Waals surface area contributed by atoms with Crippen LogP contribution in [0.3, 0.4) is 0 Å². The molecule has 19 heavy (non-hydrogen) atoms. The fourth-order valence-electron chi connectivity index (χ4n) is 1.98. The van der Waals surface area contributed by atoms with E-state index in [1.807, 2.05) is 0 Å². The lowest BCUT2D eigenvalue weighted by Gasteiger charge is -2.18. The Labute approximate surface area is 116 Å². The Hall–Kier alpha value is -0.950. The molecule has 1 fully saturated rings. The van der Waals surface area contributed by atoms with Crippen molar-refractivity contribution in [1.82, 2.24) is 0 Å². The number of ether oxygens (including phenoxy) is 2. The van der Waals surface area contributed by atoms with E-state index < -0.39 is 12.5 Å². The van der Waals surface area contributed by atoms with Gasteiger partial charge in [-0.05, 0) is 53.4 Å². The number of benzene rings is 1. The number of aliphatic hydroxyl groups is 1. The van der Waals surface area contributed by atoms with E-state index in [-0.39, 0.29) is 16.3 Å². The number of alkyl halides is 3. The van der Waals surface area contributed by atoms with Crippen molar-refractivity contribution < 1.29 is 27.8 Å². The molecule has 0 spiro atoms. The zero-order valence-corrected chi connectivity index (χ0v) is 11.4. The van der Waals surface area contributed by atoms with Crippen LogP contribution in [0.25, 0.3) is 0 Å². The van der Waals surface area contributed by atoms with Gasteiger partial charge in [0.05, 0.1) is 10.6 Å². The summed E-state index contributed by atoms with van der Waals surface area (Å²) in [7, 11) is 0. The zero-order valence-electron chi connectivity index (χ0n) is 9.78. The maximum absolute atomic E-state index is 12.1. The van der Waals surface area contributed by atoms with Crippen molar-refractivity contribution in [2.75, 3.05) is 0 Å². The highest BCUT2D eigenvalue weighted by Crippen LogP contribution is 2.34. The minimum absolute atomic E-state index is 0.148. The second kappa shape index (κ2) is 5.58. The van der Waals surface area contributed by atoms with Crippen LogP contribution < -0.4 is 9.47 Å². The van der Waals surface area contributed by atoms with E-state index in [9.17, 15) is 18.3 Å². The molecule has 2 rings (SSSR count). The number of rotatable bonds is 3. The quantitative estimate of drug-likeness (QED) is 0.912. The monoisotopic (exact) mass is 340 g/mol. The van der Waals surface area contributed by atoms with Crippen LogP contribution in [0.15, 0.2) is 22.7 Å². The van der Waals surface area contributed by atoms with Gasteiger partial charge in [-0.3, -0.25) is 0 Å². The van der Waals surface area contributed by atoms with E-state index in [1.54, 1.807) is 0 Å². The molecule has 0 amide bonds. The minimum atomic E-state index is -4.73. The highest BCUT2D eigenvalue weighted by atomic mass is 79.9. The van der Waals surface area contributed by atoms with E-state index >= 15 is 0 Å². The molecular formula is C12H12BrF3O3. The van der Waals surface area contributed by atoms with Gasteiger partial charge in [0.15, 0.2) is 0 Å². The van der Waals surface area contributed by atoms with E-state index in [0.29, 0.717) is 12.2 Å². The SMILES string of the molecule is O[C@H]1CCC[C@@H]1Oc1ccc(OC(F)(F)F)c(Br)c1. The predicted molar refractivity (Wildman–Crippen MR) is 65.1 cm³/mol. The second-order valence-electron chi connectivity index (χ2n) is 4.29. The Morgan fingerprint density at radius 1 is 1.26 bits per heavy atom. The maximum atomic E-state index is 12.1. The third-order valence-electron chi connectivity index (χ3n) is 2.83. The van der Waals surface area contributed by atoms with Gasteiger partial charge in [0, 0.05) is 0 Å². The van der Waals surface area contributed by atoms with Crippen LogP contribution in [0.1, 0.15) is 19.3 Å². The van der Waals surface area contributed by atoms with Gasteiger partial charge < -0.3 is 14.6 Å². The largest absolute Gasteiger partial charge is 0.573 e. The first-order valence-corrected chi connectivity index (χ1v) is 6.54. The lowest BCUT2D eigenvalue weighted by molar-refractivity contribution is -0.274. The molecule has 0 aliphatic heterocycles. The fraction of sp³-hybridized carbons (Fsp3) is 0.500. The second-order valence-corrected chi connectivity index (χ2v) is 5.15. The first kappa shape index (κ1) is 14.5. The van der Waals surface area contributed by atoms with Gasteiger partial charge >= 0.3 is 6.36 Å². The number of halogens is 4. The molecule has 106 valence electrons. The number of hydrogen-bond acceptors (Lipinski definition) is 3. The summed E-state index contributed by atoms with van der Waals surface area (Å²) in [6.45, 7) is 0. The van der Waals surface area contributed by atoms with Gasteiger partial charge in [0.2, 0.25) is 0 Å². The van der Waals surface area contributed by atoms with Gasteiger partial charge in [-0.25, -0.2) is 0 Å². The Morgan fingerprint density at radius 2 is 2.00 bits per heavy atom. The highest BCUT2D eigenvalue weighted by Gasteiger charge is 2.32. The summed E-state index contributed by atoms with van der Waals surface area (Å²) in [6.07, 6.45) is -3.26. The molecule has 1 saturated carbocycles. The summed E-state index contributed by atoms with van der Waals surface area (Å²) in [5, 5.41) is 9.62. The summed E-state index contributed by atoms with van der Waals surface area (Å²) in [6, 6.07) is 3.96. The molecule has 3 nitrogen and oxygen atoms in total. The van der Waals surface area contributed by atoms with E-state index in [0.717, 1.165) is 12.8 Å². The van der Waals surface area contributed by atoms with Crippen molar-refractivity contribution in [3.8, 4) is 11.5 Å². The van der Waals surface area contributed by atoms with Crippen LogP contribution in [-0.2, 0) is 0 Å². The van der Waals surface area contributed by atoms with E-state index in [4.69, 9.17) is 4.74 Å². The fourth-order valence-corrected chi connectivity index (χ4v) is 2.42. The van der Waals surface area contributed by atoms with Crippen LogP contribution in [0.2, 0.25) is 0 Å². The van der Waals surface area contributed by atoms with Crippen LogP contribution in [0.4, 0.5) is 13.2 Å². The molecule has 1 N–H and O–H groups in total.